The normalized spacial score (nSPS) is 20.6. The van der Waals surface area contributed by atoms with E-state index >= 15 is 0 Å². The lowest BCUT2D eigenvalue weighted by molar-refractivity contribution is 0.145. The number of likely N-dealkylation sites (tertiary alicyclic amines) is 1. The van der Waals surface area contributed by atoms with E-state index in [1.54, 1.807) is 17.1 Å². The molecular formula is C9H13N3O3. The molecule has 15 heavy (non-hydrogen) atoms. The summed E-state index contributed by atoms with van der Waals surface area (Å²) in [5.41, 5.74) is 0. The highest BCUT2D eigenvalue weighted by atomic mass is 16.5. The summed E-state index contributed by atoms with van der Waals surface area (Å²) in [6.45, 7) is 0.977. The van der Waals surface area contributed by atoms with E-state index in [1.165, 1.54) is 4.90 Å². The van der Waals surface area contributed by atoms with Gasteiger partial charge in [0, 0.05) is 20.0 Å². The van der Waals surface area contributed by atoms with Gasteiger partial charge in [-0.3, -0.25) is 4.68 Å². The van der Waals surface area contributed by atoms with Gasteiger partial charge in [0.15, 0.2) is 5.75 Å². The Morgan fingerprint density at radius 3 is 3.07 bits per heavy atom. The fraction of sp³-hybridized carbons (Fsp3) is 0.556. The highest BCUT2D eigenvalue weighted by molar-refractivity contribution is 5.65. The Kier molecular flexibility index (Phi) is 2.49. The van der Waals surface area contributed by atoms with Crippen LogP contribution in [-0.2, 0) is 7.05 Å². The van der Waals surface area contributed by atoms with Crippen molar-refractivity contribution in [1.82, 2.24) is 14.7 Å². The van der Waals surface area contributed by atoms with Crippen molar-refractivity contribution >= 4 is 6.09 Å². The van der Waals surface area contributed by atoms with Gasteiger partial charge >= 0.3 is 6.09 Å². The molecule has 0 aliphatic carbocycles. The van der Waals surface area contributed by atoms with Crippen LogP contribution in [0.4, 0.5) is 4.79 Å². The minimum atomic E-state index is -0.882. The van der Waals surface area contributed by atoms with Crippen LogP contribution in [0.15, 0.2) is 12.4 Å². The van der Waals surface area contributed by atoms with Gasteiger partial charge in [-0.2, -0.15) is 5.10 Å². The Balaban J connectivity index is 1.90. The van der Waals surface area contributed by atoms with E-state index in [2.05, 4.69) is 5.10 Å². The van der Waals surface area contributed by atoms with Crippen molar-refractivity contribution in [2.75, 3.05) is 13.1 Å². The summed E-state index contributed by atoms with van der Waals surface area (Å²) < 4.78 is 7.24. The fourth-order valence-electron chi connectivity index (χ4n) is 1.65. The largest absolute Gasteiger partial charge is 0.485 e. The van der Waals surface area contributed by atoms with Gasteiger partial charge in [0.1, 0.15) is 6.10 Å². The smallest absolute Gasteiger partial charge is 0.407 e. The maximum Gasteiger partial charge on any atom is 0.407 e. The molecule has 0 radical (unpaired) electrons. The van der Waals surface area contributed by atoms with Gasteiger partial charge < -0.3 is 14.7 Å². The number of aryl methyl sites for hydroxylation is 1. The average Bonchev–Trinajstić information content (AvgIpc) is 2.76. The summed E-state index contributed by atoms with van der Waals surface area (Å²) in [6, 6.07) is 0. The third-order valence-electron chi connectivity index (χ3n) is 2.40. The first-order valence-corrected chi connectivity index (χ1v) is 4.78. The van der Waals surface area contributed by atoms with Gasteiger partial charge in [0.05, 0.1) is 18.9 Å². The summed E-state index contributed by atoms with van der Waals surface area (Å²) in [6.07, 6.45) is 3.20. The summed E-state index contributed by atoms with van der Waals surface area (Å²) in [5, 5.41) is 12.7. The molecule has 1 saturated heterocycles. The molecule has 6 heteroatoms. The van der Waals surface area contributed by atoms with Crippen LogP contribution in [-0.4, -0.2) is 45.1 Å². The van der Waals surface area contributed by atoms with Crippen LogP contribution in [0.3, 0.4) is 0 Å². The molecule has 1 N–H and O–H groups in total. The summed E-state index contributed by atoms with van der Waals surface area (Å²) in [4.78, 5) is 12.0. The van der Waals surface area contributed by atoms with Gasteiger partial charge in [0.25, 0.3) is 0 Å². The molecule has 1 fully saturated rings. The zero-order valence-corrected chi connectivity index (χ0v) is 8.46. The first-order valence-electron chi connectivity index (χ1n) is 4.78. The molecule has 0 saturated carbocycles. The number of amides is 1. The SMILES string of the molecule is Cn1cc(O[C@H]2CCN(C(=O)O)C2)cn1. The van der Waals surface area contributed by atoms with Crippen molar-refractivity contribution in [1.29, 1.82) is 0 Å². The predicted octanol–water partition coefficient (Wildman–Crippen LogP) is 0.551. The summed E-state index contributed by atoms with van der Waals surface area (Å²) >= 11 is 0. The maximum atomic E-state index is 10.7. The summed E-state index contributed by atoms with van der Waals surface area (Å²) in [7, 11) is 1.81. The van der Waals surface area contributed by atoms with Crippen LogP contribution in [0.1, 0.15) is 6.42 Å². The molecule has 1 aromatic rings. The van der Waals surface area contributed by atoms with Gasteiger partial charge in [-0.25, -0.2) is 4.79 Å². The first kappa shape index (κ1) is 9.82. The number of hydrogen-bond donors (Lipinski definition) is 1. The molecule has 1 atom stereocenters. The Hall–Kier alpha value is -1.72. The number of hydrogen-bond acceptors (Lipinski definition) is 3. The molecule has 1 amide bonds. The zero-order chi connectivity index (χ0) is 10.8. The lowest BCUT2D eigenvalue weighted by Gasteiger charge is -2.12. The molecule has 2 heterocycles. The highest BCUT2D eigenvalue weighted by Crippen LogP contribution is 2.17. The molecule has 82 valence electrons. The van der Waals surface area contributed by atoms with E-state index in [4.69, 9.17) is 9.84 Å². The van der Waals surface area contributed by atoms with Crippen molar-refractivity contribution < 1.29 is 14.6 Å². The monoisotopic (exact) mass is 211 g/mol. The van der Waals surface area contributed by atoms with Crippen LogP contribution < -0.4 is 4.74 Å². The quantitative estimate of drug-likeness (QED) is 0.775. The van der Waals surface area contributed by atoms with Crippen LogP contribution >= 0.6 is 0 Å². The molecule has 0 unspecified atom stereocenters. The molecule has 0 bridgehead atoms. The van der Waals surface area contributed by atoms with Gasteiger partial charge in [-0.1, -0.05) is 0 Å². The molecule has 0 aromatic carbocycles. The van der Waals surface area contributed by atoms with E-state index in [9.17, 15) is 4.79 Å². The first-order chi connectivity index (χ1) is 7.15. The number of rotatable bonds is 2. The Morgan fingerprint density at radius 2 is 2.53 bits per heavy atom. The molecular weight excluding hydrogens is 198 g/mol. The second kappa shape index (κ2) is 3.80. The maximum absolute atomic E-state index is 10.7. The zero-order valence-electron chi connectivity index (χ0n) is 8.46. The molecule has 0 spiro atoms. The van der Waals surface area contributed by atoms with Crippen molar-refractivity contribution in [3.05, 3.63) is 12.4 Å². The topological polar surface area (TPSA) is 67.6 Å². The molecule has 6 nitrogen and oxygen atoms in total. The number of carboxylic acid groups (broad SMARTS) is 1. The third kappa shape index (κ3) is 2.20. The van der Waals surface area contributed by atoms with Crippen LogP contribution in [0.2, 0.25) is 0 Å². The minimum Gasteiger partial charge on any atom is -0.485 e. The van der Waals surface area contributed by atoms with E-state index < -0.39 is 6.09 Å². The number of carbonyl (C=O) groups is 1. The van der Waals surface area contributed by atoms with E-state index in [1.807, 2.05) is 7.05 Å². The van der Waals surface area contributed by atoms with Crippen LogP contribution in [0, 0.1) is 0 Å². The average molecular weight is 211 g/mol. The Labute approximate surface area is 87.1 Å². The second-order valence-corrected chi connectivity index (χ2v) is 3.61. The van der Waals surface area contributed by atoms with Gasteiger partial charge in [-0.05, 0) is 0 Å². The molecule has 2 rings (SSSR count). The van der Waals surface area contributed by atoms with Crippen LogP contribution in [0.5, 0.6) is 5.75 Å². The minimum absolute atomic E-state index is 0.0506. The Morgan fingerprint density at radius 1 is 1.73 bits per heavy atom. The van der Waals surface area contributed by atoms with Crippen molar-refractivity contribution in [2.24, 2.45) is 7.05 Å². The van der Waals surface area contributed by atoms with E-state index in [0.29, 0.717) is 18.8 Å². The van der Waals surface area contributed by atoms with Crippen LogP contribution in [0.25, 0.3) is 0 Å². The third-order valence-corrected chi connectivity index (χ3v) is 2.40. The number of aromatic nitrogens is 2. The standard InChI is InChI=1S/C9H13N3O3/c1-11-5-8(4-10-11)15-7-2-3-12(6-7)9(13)14/h4-5,7H,2-3,6H2,1H3,(H,13,14)/t7-/m0/s1. The lowest BCUT2D eigenvalue weighted by Crippen LogP contribution is -2.29. The van der Waals surface area contributed by atoms with Crippen molar-refractivity contribution in [3.63, 3.8) is 0 Å². The number of nitrogens with zero attached hydrogens (tertiary/aromatic N) is 3. The predicted molar refractivity (Wildman–Crippen MR) is 51.8 cm³/mol. The molecule has 1 aliphatic heterocycles. The molecule has 1 aliphatic rings. The van der Waals surface area contributed by atoms with Crippen molar-refractivity contribution in [3.8, 4) is 5.75 Å². The van der Waals surface area contributed by atoms with Gasteiger partial charge in [-0.15, -0.1) is 0 Å². The molecule has 1 aromatic heterocycles. The van der Waals surface area contributed by atoms with Crippen molar-refractivity contribution in [2.45, 2.75) is 12.5 Å². The lowest BCUT2D eigenvalue weighted by atomic mass is 10.3. The van der Waals surface area contributed by atoms with E-state index in [0.717, 1.165) is 6.42 Å². The van der Waals surface area contributed by atoms with Gasteiger partial charge in [0.2, 0.25) is 0 Å². The van der Waals surface area contributed by atoms with E-state index in [-0.39, 0.29) is 6.10 Å². The fourth-order valence-corrected chi connectivity index (χ4v) is 1.65. The second-order valence-electron chi connectivity index (χ2n) is 3.61. The number of ether oxygens (including phenoxy) is 1. The Bertz CT molecular complexity index is 363. The highest BCUT2D eigenvalue weighted by Gasteiger charge is 2.27. The summed E-state index contributed by atoms with van der Waals surface area (Å²) in [5.74, 6) is 0.690.